The molecule has 0 saturated heterocycles. The molecule has 0 radical (unpaired) electrons. The largest absolute Gasteiger partial charge is 0.377 e. The van der Waals surface area contributed by atoms with Gasteiger partial charge in [-0.2, -0.15) is 0 Å². The molecule has 1 aromatic heterocycles. The summed E-state index contributed by atoms with van der Waals surface area (Å²) in [7, 11) is 1.56. The second kappa shape index (κ2) is 10.6. The molecular formula is C22H24N4O3S. The van der Waals surface area contributed by atoms with Gasteiger partial charge in [-0.15, -0.1) is 10.2 Å². The monoisotopic (exact) mass is 424 g/mol. The van der Waals surface area contributed by atoms with E-state index in [0.29, 0.717) is 22.9 Å². The number of anilines is 1. The number of aryl methyl sites for hydroxylation is 1. The van der Waals surface area contributed by atoms with Crippen LogP contribution in [0.15, 0.2) is 54.6 Å². The van der Waals surface area contributed by atoms with Crippen LogP contribution in [0.1, 0.15) is 44.1 Å². The van der Waals surface area contributed by atoms with Crippen molar-refractivity contribution in [2.24, 2.45) is 0 Å². The minimum absolute atomic E-state index is 0.0517. The number of carbonyl (C=O) groups excluding carboxylic acids is 2. The van der Waals surface area contributed by atoms with Crippen molar-refractivity contribution in [3.8, 4) is 0 Å². The molecule has 8 heteroatoms. The average Bonchev–Trinajstić information content (AvgIpc) is 3.23. The molecular weight excluding hydrogens is 400 g/mol. The molecule has 0 aliphatic rings. The number of hydrogen-bond donors (Lipinski definition) is 2. The van der Waals surface area contributed by atoms with Crippen LogP contribution >= 0.6 is 11.3 Å². The van der Waals surface area contributed by atoms with Crippen molar-refractivity contribution in [2.45, 2.75) is 32.4 Å². The molecule has 30 heavy (non-hydrogen) atoms. The second-order valence-electron chi connectivity index (χ2n) is 6.86. The Hall–Kier alpha value is -3.10. The maximum atomic E-state index is 12.5. The minimum Gasteiger partial charge on any atom is -0.377 e. The number of hydrogen-bond acceptors (Lipinski definition) is 6. The van der Waals surface area contributed by atoms with Crippen molar-refractivity contribution in [3.63, 3.8) is 0 Å². The van der Waals surface area contributed by atoms with Crippen LogP contribution in [-0.4, -0.2) is 35.2 Å². The fourth-order valence-electron chi connectivity index (χ4n) is 2.82. The summed E-state index contributed by atoms with van der Waals surface area (Å²) < 4.78 is 4.98. The van der Waals surface area contributed by atoms with Gasteiger partial charge in [0.15, 0.2) is 0 Å². The van der Waals surface area contributed by atoms with Crippen LogP contribution < -0.4 is 10.6 Å². The Morgan fingerprint density at radius 3 is 2.47 bits per heavy atom. The Morgan fingerprint density at radius 2 is 1.77 bits per heavy atom. The van der Waals surface area contributed by atoms with E-state index < -0.39 is 0 Å². The van der Waals surface area contributed by atoms with E-state index in [1.54, 1.807) is 31.4 Å². The molecule has 2 aromatic carbocycles. The third-order valence-corrected chi connectivity index (χ3v) is 5.32. The molecule has 2 amide bonds. The molecule has 0 saturated carbocycles. The van der Waals surface area contributed by atoms with Crippen molar-refractivity contribution in [1.29, 1.82) is 0 Å². The Kier molecular flexibility index (Phi) is 7.64. The molecule has 0 fully saturated rings. The fraction of sp³-hybridized carbons (Fsp3) is 0.273. The highest BCUT2D eigenvalue weighted by Gasteiger charge is 2.14. The predicted molar refractivity (Wildman–Crippen MR) is 117 cm³/mol. The lowest BCUT2D eigenvalue weighted by Crippen LogP contribution is -2.32. The summed E-state index contributed by atoms with van der Waals surface area (Å²) >= 11 is 1.18. The van der Waals surface area contributed by atoms with Gasteiger partial charge in [-0.05, 0) is 49.6 Å². The van der Waals surface area contributed by atoms with Gasteiger partial charge < -0.3 is 15.4 Å². The van der Waals surface area contributed by atoms with Gasteiger partial charge in [0, 0.05) is 24.4 Å². The van der Waals surface area contributed by atoms with E-state index in [9.17, 15) is 9.59 Å². The van der Waals surface area contributed by atoms with Crippen LogP contribution in [0.2, 0.25) is 0 Å². The second-order valence-corrected chi connectivity index (χ2v) is 7.93. The molecule has 2 N–H and O–H groups in total. The number of amides is 2. The number of rotatable bonds is 9. The van der Waals surface area contributed by atoms with E-state index in [-0.39, 0.29) is 22.9 Å². The number of aromatic nitrogens is 2. The fourth-order valence-corrected chi connectivity index (χ4v) is 3.53. The highest BCUT2D eigenvalue weighted by Crippen LogP contribution is 2.15. The molecule has 156 valence electrons. The van der Waals surface area contributed by atoms with Crippen molar-refractivity contribution >= 4 is 28.8 Å². The number of methoxy groups -OCH3 is 1. The Bertz CT molecular complexity index is 974. The van der Waals surface area contributed by atoms with Crippen molar-refractivity contribution in [2.75, 3.05) is 12.4 Å². The van der Waals surface area contributed by atoms with E-state index >= 15 is 0 Å². The van der Waals surface area contributed by atoms with Gasteiger partial charge in [0.2, 0.25) is 5.01 Å². The first-order valence-electron chi connectivity index (χ1n) is 9.62. The molecule has 0 unspecified atom stereocenters. The van der Waals surface area contributed by atoms with Gasteiger partial charge in [-0.3, -0.25) is 9.59 Å². The maximum Gasteiger partial charge on any atom is 0.286 e. The number of benzene rings is 2. The first-order valence-corrected chi connectivity index (χ1v) is 10.4. The van der Waals surface area contributed by atoms with Crippen LogP contribution in [0.4, 0.5) is 5.69 Å². The van der Waals surface area contributed by atoms with Crippen molar-refractivity contribution < 1.29 is 14.3 Å². The van der Waals surface area contributed by atoms with E-state index in [0.717, 1.165) is 12.8 Å². The average molecular weight is 425 g/mol. The lowest BCUT2D eigenvalue weighted by atomic mass is 10.1. The van der Waals surface area contributed by atoms with E-state index in [1.165, 1.54) is 16.9 Å². The lowest BCUT2D eigenvalue weighted by molar-refractivity contribution is 0.0938. The summed E-state index contributed by atoms with van der Waals surface area (Å²) in [5, 5.41) is 14.4. The number of ether oxygens (including phenoxy) is 1. The molecule has 3 rings (SSSR count). The number of nitrogens with one attached hydrogen (secondary N) is 2. The van der Waals surface area contributed by atoms with Crippen LogP contribution in [-0.2, 0) is 17.8 Å². The summed E-state index contributed by atoms with van der Waals surface area (Å²) in [6, 6.07) is 17.0. The molecule has 1 heterocycles. The van der Waals surface area contributed by atoms with Gasteiger partial charge in [-0.1, -0.05) is 41.7 Å². The van der Waals surface area contributed by atoms with E-state index in [1.807, 2.05) is 25.1 Å². The molecule has 0 aliphatic carbocycles. The summed E-state index contributed by atoms with van der Waals surface area (Å²) in [6.45, 7) is 2.31. The zero-order valence-electron chi connectivity index (χ0n) is 16.9. The smallest absolute Gasteiger partial charge is 0.286 e. The van der Waals surface area contributed by atoms with Crippen LogP contribution in [0.25, 0.3) is 0 Å². The Morgan fingerprint density at radius 1 is 1.03 bits per heavy atom. The number of carbonyl (C=O) groups is 2. The van der Waals surface area contributed by atoms with Crippen molar-refractivity contribution in [3.05, 3.63) is 75.7 Å². The highest BCUT2D eigenvalue weighted by molar-refractivity contribution is 7.13. The van der Waals surface area contributed by atoms with E-state index in [2.05, 4.69) is 33.0 Å². The lowest BCUT2D eigenvalue weighted by Gasteiger charge is -2.14. The summed E-state index contributed by atoms with van der Waals surface area (Å²) in [5.41, 5.74) is 2.37. The molecule has 7 nitrogen and oxygen atoms in total. The normalized spacial score (nSPS) is 11.7. The summed E-state index contributed by atoms with van der Waals surface area (Å²) in [4.78, 5) is 24.7. The highest BCUT2D eigenvalue weighted by atomic mass is 32.1. The van der Waals surface area contributed by atoms with Crippen molar-refractivity contribution in [1.82, 2.24) is 15.5 Å². The van der Waals surface area contributed by atoms with Gasteiger partial charge in [-0.25, -0.2) is 0 Å². The Balaban J connectivity index is 1.50. The standard InChI is InChI=1S/C22H24N4O3S/c1-15(8-9-16-6-4-3-5-7-16)23-20(27)17-10-12-18(13-11-17)24-21(28)22-26-25-19(30-22)14-29-2/h3-7,10-13,15H,8-9,14H2,1-2H3,(H,23,27)(H,24,28)/t15-/m0/s1. The SMILES string of the molecule is COCc1nnc(C(=O)Nc2ccc(C(=O)N[C@@H](C)CCc3ccccc3)cc2)s1. The van der Waals surface area contributed by atoms with Gasteiger partial charge in [0.25, 0.3) is 11.8 Å². The zero-order valence-corrected chi connectivity index (χ0v) is 17.7. The molecule has 0 spiro atoms. The number of nitrogens with zero attached hydrogens (tertiary/aromatic N) is 2. The van der Waals surface area contributed by atoms with Gasteiger partial charge in [0.1, 0.15) is 5.01 Å². The minimum atomic E-state index is -0.346. The van der Waals surface area contributed by atoms with Crippen LogP contribution in [0.3, 0.4) is 0 Å². The molecule has 0 bridgehead atoms. The maximum absolute atomic E-state index is 12.5. The van der Waals surface area contributed by atoms with Gasteiger partial charge in [0.05, 0.1) is 6.61 Å². The predicted octanol–water partition coefficient (Wildman–Crippen LogP) is 3.69. The molecule has 1 atom stereocenters. The quantitative estimate of drug-likeness (QED) is 0.546. The summed E-state index contributed by atoms with van der Waals surface area (Å²) in [5.74, 6) is -0.483. The molecule has 0 aliphatic heterocycles. The first-order chi connectivity index (χ1) is 14.5. The first kappa shape index (κ1) is 21.6. The van der Waals surface area contributed by atoms with Gasteiger partial charge >= 0.3 is 0 Å². The van der Waals surface area contributed by atoms with E-state index in [4.69, 9.17) is 4.74 Å². The third kappa shape index (κ3) is 6.20. The Labute approximate surface area is 179 Å². The topological polar surface area (TPSA) is 93.2 Å². The molecule has 3 aromatic rings. The summed E-state index contributed by atoms with van der Waals surface area (Å²) in [6.07, 6.45) is 1.77. The van der Waals surface area contributed by atoms with Crippen LogP contribution in [0, 0.1) is 0 Å². The van der Waals surface area contributed by atoms with Crippen LogP contribution in [0.5, 0.6) is 0 Å². The third-order valence-electron chi connectivity index (χ3n) is 4.42. The zero-order chi connectivity index (χ0) is 21.3.